The van der Waals surface area contributed by atoms with Gasteiger partial charge in [-0.25, -0.2) is 4.39 Å². The van der Waals surface area contributed by atoms with Crippen LogP contribution >= 0.6 is 0 Å². The highest BCUT2D eigenvalue weighted by Gasteiger charge is 2.16. The third kappa shape index (κ3) is 6.23. The number of hydrogen-bond donors (Lipinski definition) is 2. The molecular weight excluding hydrogens is 319 g/mol. The number of furan rings is 1. The van der Waals surface area contributed by atoms with Gasteiger partial charge in [0.15, 0.2) is 5.96 Å². The van der Waals surface area contributed by atoms with Crippen molar-refractivity contribution in [3.8, 4) is 0 Å². The van der Waals surface area contributed by atoms with Gasteiger partial charge in [-0.15, -0.1) is 0 Å². The van der Waals surface area contributed by atoms with Crippen molar-refractivity contribution in [1.29, 1.82) is 0 Å². The van der Waals surface area contributed by atoms with Gasteiger partial charge in [-0.1, -0.05) is 12.1 Å². The summed E-state index contributed by atoms with van der Waals surface area (Å²) in [7, 11) is 4.01. The molecule has 0 saturated heterocycles. The summed E-state index contributed by atoms with van der Waals surface area (Å²) in [6.45, 7) is 4.07. The number of aliphatic imine (C=N–C) groups is 1. The van der Waals surface area contributed by atoms with Crippen molar-refractivity contribution in [1.82, 2.24) is 15.5 Å². The van der Waals surface area contributed by atoms with E-state index in [-0.39, 0.29) is 11.9 Å². The Labute approximate surface area is 148 Å². The lowest BCUT2D eigenvalue weighted by Gasteiger charge is -2.21. The highest BCUT2D eigenvalue weighted by molar-refractivity contribution is 5.79. The Balaban J connectivity index is 1.92. The smallest absolute Gasteiger partial charge is 0.191 e. The fraction of sp³-hybridized carbons (Fsp3) is 0.421. The molecule has 1 atom stereocenters. The molecule has 1 aromatic carbocycles. The molecule has 1 aromatic heterocycles. The number of benzene rings is 1. The van der Waals surface area contributed by atoms with E-state index in [2.05, 4.69) is 20.5 Å². The van der Waals surface area contributed by atoms with Crippen LogP contribution in [0, 0.1) is 5.82 Å². The Morgan fingerprint density at radius 3 is 2.72 bits per heavy atom. The Hall–Kier alpha value is -2.34. The number of rotatable bonds is 8. The summed E-state index contributed by atoms with van der Waals surface area (Å²) in [5.74, 6) is 1.44. The van der Waals surface area contributed by atoms with Crippen LogP contribution in [0.3, 0.4) is 0 Å². The summed E-state index contributed by atoms with van der Waals surface area (Å²) >= 11 is 0. The van der Waals surface area contributed by atoms with Crippen molar-refractivity contribution < 1.29 is 8.81 Å². The van der Waals surface area contributed by atoms with Crippen LogP contribution in [0.25, 0.3) is 0 Å². The molecule has 0 spiro atoms. The van der Waals surface area contributed by atoms with E-state index in [9.17, 15) is 4.39 Å². The van der Waals surface area contributed by atoms with Crippen LogP contribution in [-0.2, 0) is 6.42 Å². The van der Waals surface area contributed by atoms with Crippen molar-refractivity contribution in [3.63, 3.8) is 0 Å². The van der Waals surface area contributed by atoms with E-state index in [0.717, 1.165) is 30.2 Å². The Morgan fingerprint density at radius 2 is 2.08 bits per heavy atom. The molecule has 1 heterocycles. The molecule has 2 rings (SSSR count). The fourth-order valence-corrected chi connectivity index (χ4v) is 2.53. The molecule has 2 N–H and O–H groups in total. The molecule has 0 saturated carbocycles. The first-order valence-electron chi connectivity index (χ1n) is 8.56. The fourth-order valence-electron chi connectivity index (χ4n) is 2.53. The summed E-state index contributed by atoms with van der Waals surface area (Å²) in [5, 5.41) is 6.53. The van der Waals surface area contributed by atoms with Gasteiger partial charge in [0, 0.05) is 13.1 Å². The van der Waals surface area contributed by atoms with E-state index in [0.29, 0.717) is 13.1 Å². The second-order valence-corrected chi connectivity index (χ2v) is 6.02. The first-order chi connectivity index (χ1) is 12.1. The first kappa shape index (κ1) is 19.0. The lowest BCUT2D eigenvalue weighted by Crippen LogP contribution is -2.39. The minimum absolute atomic E-state index is 0.0775. The van der Waals surface area contributed by atoms with Crippen molar-refractivity contribution in [2.45, 2.75) is 19.4 Å². The summed E-state index contributed by atoms with van der Waals surface area (Å²) in [6.07, 6.45) is 2.41. The maximum absolute atomic E-state index is 13.2. The lowest BCUT2D eigenvalue weighted by molar-refractivity contribution is 0.265. The average molecular weight is 346 g/mol. The summed E-state index contributed by atoms with van der Waals surface area (Å²) < 4.78 is 18.7. The molecule has 5 nitrogen and oxygen atoms in total. The monoisotopic (exact) mass is 346 g/mol. The zero-order chi connectivity index (χ0) is 18.1. The van der Waals surface area contributed by atoms with Crippen LogP contribution in [0.1, 0.15) is 24.3 Å². The zero-order valence-corrected chi connectivity index (χ0v) is 15.1. The number of hydrogen-bond acceptors (Lipinski definition) is 3. The van der Waals surface area contributed by atoms with E-state index in [1.165, 1.54) is 6.07 Å². The number of halogens is 1. The molecule has 25 heavy (non-hydrogen) atoms. The molecule has 0 amide bonds. The van der Waals surface area contributed by atoms with Crippen LogP contribution in [-0.4, -0.2) is 44.6 Å². The van der Waals surface area contributed by atoms with Crippen LogP contribution in [0.15, 0.2) is 52.1 Å². The van der Waals surface area contributed by atoms with Gasteiger partial charge in [-0.2, -0.15) is 0 Å². The van der Waals surface area contributed by atoms with Crippen molar-refractivity contribution in [2.75, 3.05) is 33.7 Å². The van der Waals surface area contributed by atoms with Gasteiger partial charge in [-0.3, -0.25) is 9.89 Å². The summed E-state index contributed by atoms with van der Waals surface area (Å²) in [5.41, 5.74) is 0.963. The van der Waals surface area contributed by atoms with Gasteiger partial charge in [0.1, 0.15) is 11.6 Å². The van der Waals surface area contributed by atoms with E-state index in [1.807, 2.05) is 39.2 Å². The number of likely N-dealkylation sites (N-methyl/N-ethyl adjacent to an activating group) is 1. The maximum atomic E-state index is 13.2. The Kier molecular flexibility index (Phi) is 7.47. The lowest BCUT2D eigenvalue weighted by atomic mass is 10.1. The first-order valence-corrected chi connectivity index (χ1v) is 8.56. The molecule has 0 aliphatic rings. The Bertz CT molecular complexity index is 655. The minimum Gasteiger partial charge on any atom is -0.468 e. The SMILES string of the molecule is CCNC(=NCC(c1ccco1)N(C)C)NCCc1cccc(F)c1. The summed E-state index contributed by atoms with van der Waals surface area (Å²) in [4.78, 5) is 6.74. The second kappa shape index (κ2) is 9.84. The van der Waals surface area contributed by atoms with Gasteiger partial charge in [-0.05, 0) is 57.3 Å². The van der Waals surface area contributed by atoms with E-state index in [4.69, 9.17) is 4.42 Å². The molecule has 6 heteroatoms. The van der Waals surface area contributed by atoms with Gasteiger partial charge in [0.05, 0.1) is 18.8 Å². The van der Waals surface area contributed by atoms with Crippen LogP contribution in [0.5, 0.6) is 0 Å². The zero-order valence-electron chi connectivity index (χ0n) is 15.1. The van der Waals surface area contributed by atoms with Gasteiger partial charge >= 0.3 is 0 Å². The number of nitrogens with zero attached hydrogens (tertiary/aromatic N) is 2. The second-order valence-electron chi connectivity index (χ2n) is 6.02. The third-order valence-electron chi connectivity index (χ3n) is 3.86. The van der Waals surface area contributed by atoms with Crippen LogP contribution in [0.2, 0.25) is 0 Å². The normalized spacial score (nSPS) is 13.1. The molecular formula is C19H27FN4O. The van der Waals surface area contributed by atoms with Crippen molar-refractivity contribution in [2.24, 2.45) is 4.99 Å². The van der Waals surface area contributed by atoms with Gasteiger partial charge < -0.3 is 15.1 Å². The van der Waals surface area contributed by atoms with E-state index < -0.39 is 0 Å². The highest BCUT2D eigenvalue weighted by atomic mass is 19.1. The van der Waals surface area contributed by atoms with Gasteiger partial charge in [0.25, 0.3) is 0 Å². The van der Waals surface area contributed by atoms with Crippen LogP contribution in [0.4, 0.5) is 4.39 Å². The molecule has 0 fully saturated rings. The third-order valence-corrected chi connectivity index (χ3v) is 3.86. The summed E-state index contributed by atoms with van der Waals surface area (Å²) in [6, 6.07) is 10.6. The molecule has 0 aliphatic heterocycles. The van der Waals surface area contributed by atoms with Crippen LogP contribution < -0.4 is 10.6 Å². The van der Waals surface area contributed by atoms with Crippen molar-refractivity contribution in [3.05, 3.63) is 59.8 Å². The molecule has 0 bridgehead atoms. The highest BCUT2D eigenvalue weighted by Crippen LogP contribution is 2.18. The molecule has 2 aromatic rings. The molecule has 0 radical (unpaired) electrons. The maximum Gasteiger partial charge on any atom is 0.191 e. The quantitative estimate of drug-likeness (QED) is 0.570. The average Bonchev–Trinajstić information content (AvgIpc) is 3.09. The van der Waals surface area contributed by atoms with E-state index in [1.54, 1.807) is 18.4 Å². The van der Waals surface area contributed by atoms with Crippen molar-refractivity contribution >= 4 is 5.96 Å². The predicted molar refractivity (Wildman–Crippen MR) is 99.2 cm³/mol. The predicted octanol–water partition coefficient (Wildman–Crippen LogP) is 2.82. The van der Waals surface area contributed by atoms with Gasteiger partial charge in [0.2, 0.25) is 0 Å². The molecule has 136 valence electrons. The standard InChI is InChI=1S/C19H27FN4O/c1-4-21-19(22-11-10-15-7-5-8-16(20)13-15)23-14-17(24(2)3)18-9-6-12-25-18/h5-9,12-13,17H,4,10-11,14H2,1-3H3,(H2,21,22,23). The number of guanidine groups is 1. The number of nitrogens with one attached hydrogen (secondary N) is 2. The molecule has 0 aliphatic carbocycles. The Morgan fingerprint density at radius 1 is 1.24 bits per heavy atom. The largest absolute Gasteiger partial charge is 0.468 e. The minimum atomic E-state index is -0.203. The topological polar surface area (TPSA) is 52.8 Å². The van der Waals surface area contributed by atoms with E-state index >= 15 is 0 Å². The molecule has 1 unspecified atom stereocenters.